The highest BCUT2D eigenvalue weighted by Gasteiger charge is 2.19. The highest BCUT2D eigenvalue weighted by Crippen LogP contribution is 2.20. The fourth-order valence-electron chi connectivity index (χ4n) is 4.27. The quantitative estimate of drug-likeness (QED) is 0.204. The molecule has 1 aromatic rings. The van der Waals surface area contributed by atoms with Gasteiger partial charge in [-0.05, 0) is 81.1 Å². The van der Waals surface area contributed by atoms with E-state index >= 15 is 0 Å². The van der Waals surface area contributed by atoms with Crippen molar-refractivity contribution in [3.05, 3.63) is 29.8 Å². The first-order valence-corrected chi connectivity index (χ1v) is 12.0. The Morgan fingerprint density at radius 2 is 1.88 bits per heavy atom. The van der Waals surface area contributed by atoms with Gasteiger partial charge in [-0.15, -0.1) is 24.0 Å². The zero-order valence-corrected chi connectivity index (χ0v) is 22.8. The summed E-state index contributed by atoms with van der Waals surface area (Å²) in [6, 6.07) is 8.41. The highest BCUT2D eigenvalue weighted by molar-refractivity contribution is 14.0. The summed E-state index contributed by atoms with van der Waals surface area (Å²) in [5.74, 6) is 3.58. The maximum Gasteiger partial charge on any atom is 0.191 e. The summed E-state index contributed by atoms with van der Waals surface area (Å²) >= 11 is 0. The molecule has 1 aliphatic rings. The molecule has 0 spiro atoms. The number of aliphatic hydroxyl groups is 1. The molecule has 7 heteroatoms. The van der Waals surface area contributed by atoms with Crippen LogP contribution in [0.3, 0.4) is 0 Å². The molecule has 0 amide bonds. The van der Waals surface area contributed by atoms with E-state index in [4.69, 9.17) is 9.73 Å². The molecule has 1 aromatic carbocycles. The number of likely N-dealkylation sites (tertiary alicyclic amines) is 1. The van der Waals surface area contributed by atoms with Crippen LogP contribution in [0.15, 0.2) is 29.3 Å². The van der Waals surface area contributed by atoms with Gasteiger partial charge in [0.15, 0.2) is 5.96 Å². The molecule has 3 N–H and O–H groups in total. The van der Waals surface area contributed by atoms with Gasteiger partial charge in [-0.1, -0.05) is 26.0 Å². The van der Waals surface area contributed by atoms with Crippen LogP contribution in [-0.4, -0.2) is 62.4 Å². The molecule has 0 aromatic heterocycles. The van der Waals surface area contributed by atoms with Crippen LogP contribution in [0.5, 0.6) is 5.75 Å². The molecule has 6 nitrogen and oxygen atoms in total. The molecule has 1 aliphatic heterocycles. The Morgan fingerprint density at radius 1 is 1.19 bits per heavy atom. The third-order valence-electron chi connectivity index (χ3n) is 6.02. The van der Waals surface area contributed by atoms with Gasteiger partial charge >= 0.3 is 0 Å². The van der Waals surface area contributed by atoms with Gasteiger partial charge < -0.3 is 20.5 Å². The minimum absolute atomic E-state index is 0. The van der Waals surface area contributed by atoms with Crippen LogP contribution in [0.2, 0.25) is 0 Å². The Hall–Kier alpha value is -1.06. The normalized spacial score (nSPS) is 16.5. The van der Waals surface area contributed by atoms with Crippen molar-refractivity contribution in [1.29, 1.82) is 0 Å². The minimum Gasteiger partial charge on any atom is -0.497 e. The van der Waals surface area contributed by atoms with Gasteiger partial charge in [0.05, 0.1) is 7.11 Å². The van der Waals surface area contributed by atoms with Crippen LogP contribution in [0, 0.1) is 17.8 Å². The number of hydrogen-bond acceptors (Lipinski definition) is 4. The maximum atomic E-state index is 9.34. The van der Waals surface area contributed by atoms with Crippen LogP contribution in [0.4, 0.5) is 0 Å². The first-order chi connectivity index (χ1) is 15.0. The first kappa shape index (κ1) is 29.0. The van der Waals surface area contributed by atoms with Gasteiger partial charge in [-0.25, -0.2) is 0 Å². The van der Waals surface area contributed by atoms with Crippen LogP contribution >= 0.6 is 24.0 Å². The first-order valence-electron chi connectivity index (χ1n) is 12.0. The van der Waals surface area contributed by atoms with E-state index in [-0.39, 0.29) is 30.6 Å². The lowest BCUT2D eigenvalue weighted by atomic mass is 9.94. The van der Waals surface area contributed by atoms with E-state index in [1.165, 1.54) is 18.4 Å². The van der Waals surface area contributed by atoms with Crippen LogP contribution in [0.25, 0.3) is 0 Å². The summed E-state index contributed by atoms with van der Waals surface area (Å²) in [5, 5.41) is 16.3. The predicted octanol–water partition coefficient (Wildman–Crippen LogP) is 4.13. The van der Waals surface area contributed by atoms with Crippen molar-refractivity contribution in [3.63, 3.8) is 0 Å². The fraction of sp³-hybridized carbons (Fsp3) is 0.720. The van der Waals surface area contributed by atoms with E-state index in [0.717, 1.165) is 63.8 Å². The molecular weight excluding hydrogens is 515 g/mol. The van der Waals surface area contributed by atoms with Gasteiger partial charge in [0.1, 0.15) is 5.75 Å². The molecule has 0 saturated carbocycles. The van der Waals surface area contributed by atoms with Crippen LogP contribution in [0.1, 0.15) is 52.0 Å². The van der Waals surface area contributed by atoms with Crippen LogP contribution < -0.4 is 15.4 Å². The zero-order valence-electron chi connectivity index (χ0n) is 20.5. The van der Waals surface area contributed by atoms with E-state index in [9.17, 15) is 5.11 Å². The number of guanidine groups is 1. The minimum atomic E-state index is 0. The highest BCUT2D eigenvalue weighted by atomic mass is 127. The molecule has 1 fully saturated rings. The van der Waals surface area contributed by atoms with Crippen molar-refractivity contribution in [1.82, 2.24) is 15.5 Å². The number of rotatable bonds is 12. The molecule has 1 saturated heterocycles. The number of halogens is 1. The van der Waals surface area contributed by atoms with Gasteiger partial charge in [-0.2, -0.15) is 0 Å². The van der Waals surface area contributed by atoms with Gasteiger partial charge in [-0.3, -0.25) is 9.89 Å². The fourth-order valence-corrected chi connectivity index (χ4v) is 4.27. The van der Waals surface area contributed by atoms with E-state index in [2.05, 4.69) is 48.4 Å². The maximum absolute atomic E-state index is 9.34. The number of methoxy groups -OCH3 is 1. The van der Waals surface area contributed by atoms with Crippen LogP contribution in [-0.2, 0) is 6.54 Å². The van der Waals surface area contributed by atoms with Crippen molar-refractivity contribution in [2.24, 2.45) is 22.7 Å². The summed E-state index contributed by atoms with van der Waals surface area (Å²) in [6.07, 6.45) is 4.36. The number of benzene rings is 1. The Bertz CT molecular complexity index is 631. The average molecular weight is 561 g/mol. The molecule has 32 heavy (non-hydrogen) atoms. The number of nitrogens with zero attached hydrogens (tertiary/aromatic N) is 2. The van der Waals surface area contributed by atoms with Crippen molar-refractivity contribution in [2.45, 2.75) is 53.0 Å². The molecule has 1 atom stereocenters. The van der Waals surface area contributed by atoms with Gasteiger partial charge in [0.2, 0.25) is 0 Å². The van der Waals surface area contributed by atoms with Crippen molar-refractivity contribution in [3.8, 4) is 5.75 Å². The van der Waals surface area contributed by atoms with E-state index in [0.29, 0.717) is 17.8 Å². The van der Waals surface area contributed by atoms with E-state index in [1.807, 2.05) is 12.1 Å². The second kappa shape index (κ2) is 16.5. The predicted molar refractivity (Wildman–Crippen MR) is 145 cm³/mol. The summed E-state index contributed by atoms with van der Waals surface area (Å²) in [6.45, 7) is 12.7. The molecule has 0 aliphatic carbocycles. The molecule has 0 radical (unpaired) electrons. The number of nitrogens with one attached hydrogen (secondary N) is 2. The zero-order chi connectivity index (χ0) is 22.5. The van der Waals surface area contributed by atoms with Gasteiger partial charge in [0.25, 0.3) is 0 Å². The Kier molecular flexibility index (Phi) is 15.0. The summed E-state index contributed by atoms with van der Waals surface area (Å²) in [5.41, 5.74) is 1.35. The number of hydrogen-bond donors (Lipinski definition) is 3. The Labute approximate surface area is 212 Å². The Morgan fingerprint density at radius 3 is 2.44 bits per heavy atom. The third-order valence-corrected chi connectivity index (χ3v) is 6.02. The van der Waals surface area contributed by atoms with Crippen molar-refractivity contribution < 1.29 is 9.84 Å². The second-order valence-electron chi connectivity index (χ2n) is 9.18. The average Bonchev–Trinajstić information content (AvgIpc) is 2.77. The SMILES string of the molecule is CCNC(=NCC(CCO)CC(C)C)NCC1CCN(Cc2ccc(OC)cc2)CC1.I. The number of piperidine rings is 1. The second-order valence-corrected chi connectivity index (χ2v) is 9.18. The number of ether oxygens (including phenoxy) is 1. The monoisotopic (exact) mass is 560 g/mol. The molecule has 1 unspecified atom stereocenters. The van der Waals surface area contributed by atoms with Crippen molar-refractivity contribution >= 4 is 29.9 Å². The van der Waals surface area contributed by atoms with Crippen molar-refractivity contribution in [2.75, 3.05) is 46.4 Å². The number of aliphatic imine (C=N–C) groups is 1. The topological polar surface area (TPSA) is 69.1 Å². The molecule has 1 heterocycles. The molecular formula is C25H45IN4O2. The molecule has 2 rings (SSSR count). The Balaban J connectivity index is 0.00000512. The largest absolute Gasteiger partial charge is 0.497 e. The molecule has 184 valence electrons. The lowest BCUT2D eigenvalue weighted by Gasteiger charge is -2.32. The smallest absolute Gasteiger partial charge is 0.191 e. The summed E-state index contributed by atoms with van der Waals surface area (Å²) in [4.78, 5) is 7.36. The number of aliphatic hydroxyl groups excluding tert-OH is 1. The lowest BCUT2D eigenvalue weighted by Crippen LogP contribution is -2.43. The lowest BCUT2D eigenvalue weighted by molar-refractivity contribution is 0.178. The summed E-state index contributed by atoms with van der Waals surface area (Å²) in [7, 11) is 1.71. The van der Waals surface area contributed by atoms with E-state index < -0.39 is 0 Å². The standard InChI is InChI=1S/C25H44N4O2.HI/c1-5-26-25(28-18-23(12-15-30)16-20(2)3)27-17-21-10-13-29(14-11-21)19-22-6-8-24(31-4)9-7-22;/h6-9,20-21,23,30H,5,10-19H2,1-4H3,(H2,26,27,28);1H. The summed E-state index contributed by atoms with van der Waals surface area (Å²) < 4.78 is 5.25. The van der Waals surface area contributed by atoms with E-state index in [1.54, 1.807) is 7.11 Å². The molecule has 0 bridgehead atoms. The van der Waals surface area contributed by atoms with Gasteiger partial charge in [0, 0.05) is 32.8 Å². The third kappa shape index (κ3) is 11.2.